The first-order chi connectivity index (χ1) is 12.9. The summed E-state index contributed by atoms with van der Waals surface area (Å²) < 4.78 is 17.4. The van der Waals surface area contributed by atoms with E-state index in [4.69, 9.17) is 25.8 Å². The quantitative estimate of drug-likeness (QED) is 0.578. The van der Waals surface area contributed by atoms with Gasteiger partial charge in [0, 0.05) is 11.6 Å². The number of ether oxygens (including phenoxy) is 3. The number of hydrogen-bond donors (Lipinski definition) is 1. The second-order valence-corrected chi connectivity index (χ2v) is 7.18. The summed E-state index contributed by atoms with van der Waals surface area (Å²) in [4.78, 5) is 12.3. The average Bonchev–Trinajstić information content (AvgIpc) is 2.66. The number of methoxy groups -OCH3 is 1. The molecule has 0 spiro atoms. The van der Waals surface area contributed by atoms with Gasteiger partial charge in [-0.2, -0.15) is 0 Å². The van der Waals surface area contributed by atoms with Crippen LogP contribution in [0.2, 0.25) is 5.02 Å². The van der Waals surface area contributed by atoms with Crippen LogP contribution in [0, 0.1) is 0 Å². The number of halogens is 2. The maximum absolute atomic E-state index is 12.3. The minimum Gasteiger partial charge on any atom is -0.493 e. The van der Waals surface area contributed by atoms with Gasteiger partial charge in [-0.3, -0.25) is 4.79 Å². The number of nitrogens with one attached hydrogen (secondary N) is 1. The molecule has 1 unspecified atom stereocenters. The van der Waals surface area contributed by atoms with Gasteiger partial charge in [-0.25, -0.2) is 0 Å². The van der Waals surface area contributed by atoms with Crippen molar-refractivity contribution < 1.29 is 19.0 Å². The molecule has 5 nitrogen and oxygen atoms in total. The fraction of sp³-hybridized carbons (Fsp3) is 0.350. The van der Waals surface area contributed by atoms with Crippen LogP contribution in [0.5, 0.6) is 17.2 Å². The molecule has 2 aromatic carbocycles. The Hall–Kier alpha value is -1.92. The molecule has 2 aromatic rings. The van der Waals surface area contributed by atoms with Crippen LogP contribution in [0.4, 0.5) is 0 Å². The van der Waals surface area contributed by atoms with E-state index in [1.54, 1.807) is 32.2 Å². The zero-order valence-electron chi connectivity index (χ0n) is 15.6. The van der Waals surface area contributed by atoms with E-state index in [1.807, 2.05) is 25.1 Å². The predicted molar refractivity (Wildman–Crippen MR) is 110 cm³/mol. The van der Waals surface area contributed by atoms with Crippen molar-refractivity contribution in [3.05, 3.63) is 51.5 Å². The molecule has 0 fully saturated rings. The number of carbonyl (C=O) groups is 1. The lowest BCUT2D eigenvalue weighted by atomic mass is 10.2. The highest BCUT2D eigenvalue weighted by Crippen LogP contribution is 2.29. The summed E-state index contributed by atoms with van der Waals surface area (Å²) in [6.07, 6.45) is 0.263. The highest BCUT2D eigenvalue weighted by molar-refractivity contribution is 9.10. The summed E-state index contributed by atoms with van der Waals surface area (Å²) in [5.74, 6) is 1.67. The van der Waals surface area contributed by atoms with Gasteiger partial charge in [0.2, 0.25) is 0 Å². The van der Waals surface area contributed by atoms with Gasteiger partial charge in [-0.05, 0) is 65.2 Å². The molecule has 0 aliphatic heterocycles. The summed E-state index contributed by atoms with van der Waals surface area (Å²) in [5.41, 5.74) is 0.906. The van der Waals surface area contributed by atoms with Crippen molar-refractivity contribution in [2.75, 3.05) is 13.7 Å². The van der Waals surface area contributed by atoms with Gasteiger partial charge in [0.1, 0.15) is 5.75 Å². The molecule has 2 rings (SSSR count). The van der Waals surface area contributed by atoms with Gasteiger partial charge in [-0.15, -0.1) is 0 Å². The Bertz CT molecular complexity index is 785. The van der Waals surface area contributed by atoms with Crippen molar-refractivity contribution in [2.24, 2.45) is 0 Å². The van der Waals surface area contributed by atoms with Gasteiger partial charge in [0.15, 0.2) is 17.6 Å². The molecule has 27 heavy (non-hydrogen) atoms. The fourth-order valence-corrected chi connectivity index (χ4v) is 3.08. The van der Waals surface area contributed by atoms with E-state index in [-0.39, 0.29) is 5.91 Å². The number of rotatable bonds is 9. The standard InChI is InChI=1S/C20H23BrClNO4/c1-4-9-26-18-7-5-14(10-19(18)25-3)12-23-20(24)13(2)27-17-8-6-15(22)11-16(17)21/h5-8,10-11,13H,4,9,12H2,1-3H3,(H,23,24). The van der Waals surface area contributed by atoms with Crippen LogP contribution in [0.25, 0.3) is 0 Å². The molecule has 1 atom stereocenters. The van der Waals surface area contributed by atoms with Crippen LogP contribution in [0.15, 0.2) is 40.9 Å². The first-order valence-electron chi connectivity index (χ1n) is 8.63. The van der Waals surface area contributed by atoms with E-state index in [9.17, 15) is 4.79 Å². The van der Waals surface area contributed by atoms with Crippen LogP contribution in [-0.2, 0) is 11.3 Å². The van der Waals surface area contributed by atoms with Crippen molar-refractivity contribution in [2.45, 2.75) is 32.9 Å². The van der Waals surface area contributed by atoms with E-state index < -0.39 is 6.10 Å². The lowest BCUT2D eigenvalue weighted by molar-refractivity contribution is -0.127. The van der Waals surface area contributed by atoms with Crippen LogP contribution >= 0.6 is 27.5 Å². The molecule has 0 aliphatic carbocycles. The predicted octanol–water partition coefficient (Wildman–Crippen LogP) is 4.98. The molecular weight excluding hydrogens is 434 g/mol. The number of benzene rings is 2. The summed E-state index contributed by atoms with van der Waals surface area (Å²) in [6, 6.07) is 10.7. The van der Waals surface area contributed by atoms with Gasteiger partial charge in [0.05, 0.1) is 18.2 Å². The molecular formula is C20H23BrClNO4. The summed E-state index contributed by atoms with van der Waals surface area (Å²) >= 11 is 9.29. The molecule has 0 bridgehead atoms. The van der Waals surface area contributed by atoms with Crippen molar-refractivity contribution in [3.8, 4) is 17.2 Å². The fourth-order valence-electron chi connectivity index (χ4n) is 2.30. The Morgan fingerprint density at radius 2 is 1.93 bits per heavy atom. The molecule has 1 amide bonds. The lowest BCUT2D eigenvalue weighted by Gasteiger charge is -2.16. The molecule has 1 N–H and O–H groups in total. The van der Waals surface area contributed by atoms with Crippen molar-refractivity contribution in [1.82, 2.24) is 5.32 Å². The van der Waals surface area contributed by atoms with Gasteiger partial charge in [0.25, 0.3) is 5.91 Å². The second-order valence-electron chi connectivity index (χ2n) is 5.89. The van der Waals surface area contributed by atoms with Gasteiger partial charge < -0.3 is 19.5 Å². The lowest BCUT2D eigenvalue weighted by Crippen LogP contribution is -2.35. The van der Waals surface area contributed by atoms with E-state index in [1.165, 1.54) is 0 Å². The molecule has 7 heteroatoms. The molecule has 0 saturated carbocycles. The van der Waals surface area contributed by atoms with E-state index in [0.717, 1.165) is 12.0 Å². The second kappa shape index (κ2) is 10.4. The van der Waals surface area contributed by atoms with E-state index in [0.29, 0.717) is 39.9 Å². The van der Waals surface area contributed by atoms with Crippen molar-refractivity contribution >= 4 is 33.4 Å². The number of amides is 1. The summed E-state index contributed by atoms with van der Waals surface area (Å²) in [7, 11) is 1.59. The van der Waals surface area contributed by atoms with Crippen LogP contribution in [-0.4, -0.2) is 25.7 Å². The largest absolute Gasteiger partial charge is 0.493 e. The highest BCUT2D eigenvalue weighted by atomic mass is 79.9. The SMILES string of the molecule is CCCOc1ccc(CNC(=O)C(C)Oc2ccc(Cl)cc2Br)cc1OC. The van der Waals surface area contributed by atoms with E-state index in [2.05, 4.69) is 21.2 Å². The van der Waals surface area contributed by atoms with Crippen molar-refractivity contribution in [1.29, 1.82) is 0 Å². The minimum absolute atomic E-state index is 0.220. The molecule has 0 aliphatic rings. The molecule has 0 saturated heterocycles. The zero-order valence-corrected chi connectivity index (χ0v) is 17.9. The Labute approximate surface area is 173 Å². The monoisotopic (exact) mass is 455 g/mol. The van der Waals surface area contributed by atoms with Gasteiger partial charge >= 0.3 is 0 Å². The van der Waals surface area contributed by atoms with Gasteiger partial charge in [-0.1, -0.05) is 24.6 Å². The Kier molecular flexibility index (Phi) is 8.25. The van der Waals surface area contributed by atoms with Crippen LogP contribution < -0.4 is 19.5 Å². The number of carbonyl (C=O) groups excluding carboxylic acids is 1. The third-order valence-corrected chi connectivity index (χ3v) is 4.58. The minimum atomic E-state index is -0.656. The Balaban J connectivity index is 1.94. The molecule has 0 aromatic heterocycles. The van der Waals surface area contributed by atoms with Crippen LogP contribution in [0.3, 0.4) is 0 Å². The Morgan fingerprint density at radius 1 is 1.19 bits per heavy atom. The first-order valence-corrected chi connectivity index (χ1v) is 9.80. The molecule has 0 heterocycles. The Morgan fingerprint density at radius 3 is 2.59 bits per heavy atom. The first kappa shape index (κ1) is 21.4. The third-order valence-electron chi connectivity index (χ3n) is 3.72. The molecule has 0 radical (unpaired) electrons. The summed E-state index contributed by atoms with van der Waals surface area (Å²) in [6.45, 7) is 4.72. The molecule has 146 valence electrons. The van der Waals surface area contributed by atoms with Crippen LogP contribution in [0.1, 0.15) is 25.8 Å². The zero-order chi connectivity index (χ0) is 19.8. The third kappa shape index (κ3) is 6.33. The topological polar surface area (TPSA) is 56.8 Å². The maximum atomic E-state index is 12.3. The average molecular weight is 457 g/mol. The van der Waals surface area contributed by atoms with E-state index >= 15 is 0 Å². The normalized spacial score (nSPS) is 11.6. The highest BCUT2D eigenvalue weighted by Gasteiger charge is 2.16. The van der Waals surface area contributed by atoms with Crippen molar-refractivity contribution in [3.63, 3.8) is 0 Å². The number of hydrogen-bond acceptors (Lipinski definition) is 4. The maximum Gasteiger partial charge on any atom is 0.261 e. The smallest absolute Gasteiger partial charge is 0.261 e. The summed E-state index contributed by atoms with van der Waals surface area (Å²) in [5, 5.41) is 3.45.